The maximum absolute atomic E-state index is 13.4. The molecule has 2 fully saturated rings. The predicted molar refractivity (Wildman–Crippen MR) is 100 cm³/mol. The van der Waals surface area contributed by atoms with Crippen molar-refractivity contribution in [3.05, 3.63) is 65.2 Å². The van der Waals surface area contributed by atoms with Gasteiger partial charge in [-0.3, -0.25) is 9.69 Å². The minimum Gasteiger partial charge on any atom is -0.508 e. The number of hydrogen-bond acceptors (Lipinski definition) is 4. The Balaban J connectivity index is 1.34. The number of nitrogens with zero attached hydrogens (tertiary/aromatic N) is 1. The van der Waals surface area contributed by atoms with E-state index in [2.05, 4.69) is 4.90 Å². The lowest BCUT2D eigenvalue weighted by Crippen LogP contribution is -2.34. The Morgan fingerprint density at radius 3 is 2.29 bits per heavy atom. The Labute approximate surface area is 162 Å². The first-order valence-electron chi connectivity index (χ1n) is 9.52. The van der Waals surface area contributed by atoms with Crippen LogP contribution >= 0.6 is 0 Å². The van der Waals surface area contributed by atoms with Crippen molar-refractivity contribution in [2.75, 3.05) is 19.6 Å². The third kappa shape index (κ3) is 3.93. The molecule has 4 rings (SSSR count). The first-order chi connectivity index (χ1) is 13.3. The van der Waals surface area contributed by atoms with E-state index in [1.807, 2.05) is 0 Å². The third-order valence-electron chi connectivity index (χ3n) is 6.01. The van der Waals surface area contributed by atoms with Crippen LogP contribution in [-0.2, 0) is 6.42 Å². The summed E-state index contributed by atoms with van der Waals surface area (Å²) in [7, 11) is 0. The van der Waals surface area contributed by atoms with Crippen LogP contribution in [0, 0.1) is 23.5 Å². The van der Waals surface area contributed by atoms with Gasteiger partial charge >= 0.3 is 0 Å². The van der Waals surface area contributed by atoms with E-state index in [1.54, 1.807) is 12.1 Å². The summed E-state index contributed by atoms with van der Waals surface area (Å²) in [6.45, 7) is 1.81. The molecule has 6 heteroatoms. The van der Waals surface area contributed by atoms with Crippen molar-refractivity contribution in [2.45, 2.75) is 24.9 Å². The zero-order valence-corrected chi connectivity index (χ0v) is 15.4. The molecule has 0 radical (unpaired) electrons. The Kier molecular flexibility index (Phi) is 4.93. The van der Waals surface area contributed by atoms with Crippen LogP contribution in [0.5, 0.6) is 5.75 Å². The van der Waals surface area contributed by atoms with Gasteiger partial charge in [-0.25, -0.2) is 8.78 Å². The van der Waals surface area contributed by atoms with E-state index >= 15 is 0 Å². The molecule has 0 aromatic heterocycles. The van der Waals surface area contributed by atoms with Gasteiger partial charge in [0.15, 0.2) is 17.4 Å². The average molecular weight is 387 g/mol. The number of ketones is 1. The highest BCUT2D eigenvalue weighted by atomic mass is 19.2. The number of hydrogen-bond donors (Lipinski definition) is 2. The molecule has 1 saturated heterocycles. The van der Waals surface area contributed by atoms with Crippen molar-refractivity contribution in [3.8, 4) is 5.75 Å². The summed E-state index contributed by atoms with van der Waals surface area (Å²) in [6, 6.07) is 10.0. The molecule has 3 atom stereocenters. The Hall–Kier alpha value is -2.31. The second-order valence-electron chi connectivity index (χ2n) is 8.24. The molecule has 2 aromatic rings. The minimum absolute atomic E-state index is 0.0111. The van der Waals surface area contributed by atoms with Gasteiger partial charge in [0.05, 0.1) is 12.1 Å². The first-order valence-corrected chi connectivity index (χ1v) is 9.52. The van der Waals surface area contributed by atoms with Crippen molar-refractivity contribution in [1.29, 1.82) is 0 Å². The number of halogens is 2. The lowest BCUT2D eigenvalue weighted by atomic mass is 9.91. The molecule has 1 saturated carbocycles. The Morgan fingerprint density at radius 2 is 1.68 bits per heavy atom. The number of Topliss-reactive ketones (excluding diaryl/α,β-unsaturated/α-hetero) is 1. The van der Waals surface area contributed by atoms with Crippen LogP contribution < -0.4 is 0 Å². The zero-order valence-electron chi connectivity index (χ0n) is 15.4. The summed E-state index contributed by atoms with van der Waals surface area (Å²) in [5.41, 5.74) is 0.262. The van der Waals surface area contributed by atoms with Gasteiger partial charge in [0.25, 0.3) is 0 Å². The topological polar surface area (TPSA) is 60.8 Å². The van der Waals surface area contributed by atoms with E-state index in [-0.39, 0.29) is 11.5 Å². The molecule has 0 amide bonds. The van der Waals surface area contributed by atoms with E-state index in [0.717, 1.165) is 25.2 Å². The number of rotatable bonds is 5. The zero-order chi connectivity index (χ0) is 19.9. The number of carbonyl (C=O) groups is 1. The monoisotopic (exact) mass is 387 g/mol. The van der Waals surface area contributed by atoms with Gasteiger partial charge in [0, 0.05) is 25.1 Å². The third-order valence-corrected chi connectivity index (χ3v) is 6.01. The van der Waals surface area contributed by atoms with E-state index in [9.17, 15) is 23.8 Å². The first kappa shape index (κ1) is 19.0. The molecule has 4 nitrogen and oxygen atoms in total. The Morgan fingerprint density at radius 1 is 1.04 bits per heavy atom. The van der Waals surface area contributed by atoms with Crippen molar-refractivity contribution >= 4 is 5.78 Å². The Bertz CT molecular complexity index is 870. The fourth-order valence-electron chi connectivity index (χ4n) is 4.80. The van der Waals surface area contributed by atoms with E-state index < -0.39 is 17.2 Å². The summed E-state index contributed by atoms with van der Waals surface area (Å²) >= 11 is 0. The number of aromatic hydroxyl groups is 1. The second kappa shape index (κ2) is 7.26. The van der Waals surface area contributed by atoms with Gasteiger partial charge in [0.2, 0.25) is 0 Å². The number of aliphatic hydroxyl groups is 1. The summed E-state index contributed by atoms with van der Waals surface area (Å²) in [6.07, 6.45) is 1.50. The number of phenolic OH excluding ortho intramolecular Hbond substituents is 1. The molecule has 0 spiro atoms. The fraction of sp³-hybridized carbons (Fsp3) is 0.409. The van der Waals surface area contributed by atoms with Gasteiger partial charge in [-0.1, -0.05) is 6.07 Å². The molecule has 1 unspecified atom stereocenters. The SMILES string of the molecule is O=C(CN1C[C@@H]2CC(O)(Cc3ccc(F)c(F)c3)C[C@@H]2C1)c1ccc(O)cc1. The molecule has 0 bridgehead atoms. The van der Waals surface area contributed by atoms with Crippen molar-refractivity contribution in [2.24, 2.45) is 11.8 Å². The lowest BCUT2D eigenvalue weighted by Gasteiger charge is -2.26. The number of fused-ring (bicyclic) bond motifs is 1. The van der Waals surface area contributed by atoms with Crippen LogP contribution in [0.25, 0.3) is 0 Å². The summed E-state index contributed by atoms with van der Waals surface area (Å²) in [5.74, 6) is -1.04. The van der Waals surface area contributed by atoms with Gasteiger partial charge in [0.1, 0.15) is 5.75 Å². The van der Waals surface area contributed by atoms with Crippen LogP contribution in [0.15, 0.2) is 42.5 Å². The molecular weight excluding hydrogens is 364 g/mol. The number of carbonyl (C=O) groups excluding carboxylic acids is 1. The van der Waals surface area contributed by atoms with Crippen LogP contribution in [0.1, 0.15) is 28.8 Å². The highest BCUT2D eigenvalue weighted by molar-refractivity contribution is 5.97. The van der Waals surface area contributed by atoms with Crippen LogP contribution in [-0.4, -0.2) is 46.1 Å². The molecule has 1 heterocycles. The van der Waals surface area contributed by atoms with Gasteiger partial charge in [-0.05, 0) is 66.6 Å². The van der Waals surface area contributed by atoms with Crippen molar-refractivity contribution in [1.82, 2.24) is 4.90 Å². The highest BCUT2D eigenvalue weighted by Crippen LogP contribution is 2.45. The van der Waals surface area contributed by atoms with Gasteiger partial charge in [-0.2, -0.15) is 0 Å². The largest absolute Gasteiger partial charge is 0.508 e. The molecule has 2 N–H and O–H groups in total. The van der Waals surface area contributed by atoms with E-state index in [1.165, 1.54) is 18.2 Å². The van der Waals surface area contributed by atoms with E-state index in [4.69, 9.17) is 0 Å². The number of phenols is 1. The number of benzene rings is 2. The highest BCUT2D eigenvalue weighted by Gasteiger charge is 2.48. The normalized spacial score (nSPS) is 27.1. The van der Waals surface area contributed by atoms with Crippen LogP contribution in [0.2, 0.25) is 0 Å². The van der Waals surface area contributed by atoms with Gasteiger partial charge < -0.3 is 10.2 Å². The molecule has 1 aliphatic heterocycles. The maximum Gasteiger partial charge on any atom is 0.176 e. The smallest absolute Gasteiger partial charge is 0.176 e. The summed E-state index contributed by atoms with van der Waals surface area (Å²) < 4.78 is 26.5. The summed E-state index contributed by atoms with van der Waals surface area (Å²) in [4.78, 5) is 14.5. The van der Waals surface area contributed by atoms with Crippen molar-refractivity contribution in [3.63, 3.8) is 0 Å². The van der Waals surface area contributed by atoms with Gasteiger partial charge in [-0.15, -0.1) is 0 Å². The second-order valence-corrected chi connectivity index (χ2v) is 8.24. The molecule has 1 aliphatic carbocycles. The average Bonchev–Trinajstić information content (AvgIpc) is 3.12. The predicted octanol–water partition coefficient (Wildman–Crippen LogP) is 3.17. The van der Waals surface area contributed by atoms with E-state index in [0.29, 0.717) is 48.8 Å². The lowest BCUT2D eigenvalue weighted by molar-refractivity contribution is 0.0355. The molecule has 28 heavy (non-hydrogen) atoms. The molecule has 2 aromatic carbocycles. The number of likely N-dealkylation sites (tertiary alicyclic amines) is 1. The van der Waals surface area contributed by atoms with Crippen LogP contribution in [0.4, 0.5) is 8.78 Å². The molecular formula is C22H23F2NO3. The van der Waals surface area contributed by atoms with Crippen LogP contribution in [0.3, 0.4) is 0 Å². The van der Waals surface area contributed by atoms with Crippen molar-refractivity contribution < 1.29 is 23.8 Å². The summed E-state index contributed by atoms with van der Waals surface area (Å²) in [5, 5.41) is 20.3. The minimum atomic E-state index is -0.910. The standard InChI is InChI=1S/C22H23F2NO3/c23-19-6-1-14(7-20(19)24)8-22(28)9-16-11-25(12-17(16)10-22)13-21(27)15-2-4-18(26)5-3-15/h1-7,16-17,26,28H,8-13H2/t16-,17+,22?. The fourth-order valence-corrected chi connectivity index (χ4v) is 4.80. The quantitative estimate of drug-likeness (QED) is 0.774. The molecule has 2 aliphatic rings. The maximum atomic E-state index is 13.4. The molecule has 148 valence electrons.